The lowest BCUT2D eigenvalue weighted by Crippen LogP contribution is -2.51. The van der Waals surface area contributed by atoms with E-state index in [0.29, 0.717) is 17.2 Å². The number of ether oxygens (including phenoxy) is 1. The minimum atomic E-state index is -0.350. The van der Waals surface area contributed by atoms with Crippen molar-refractivity contribution in [2.24, 2.45) is 11.3 Å². The summed E-state index contributed by atoms with van der Waals surface area (Å²) in [5, 5.41) is 6.16. The zero-order valence-corrected chi connectivity index (χ0v) is 11.5. The summed E-state index contributed by atoms with van der Waals surface area (Å²) >= 11 is 0. The molecule has 108 valence electrons. The van der Waals surface area contributed by atoms with Gasteiger partial charge in [-0.1, -0.05) is 6.07 Å². The number of carbonyl (C=O) groups is 1. The number of carbonyl (C=O) groups excluding carboxylic acids is 1. The quantitative estimate of drug-likeness (QED) is 0.876. The molecule has 2 aliphatic rings. The third kappa shape index (κ3) is 1.97. The van der Waals surface area contributed by atoms with Crippen molar-refractivity contribution in [2.45, 2.75) is 19.4 Å². The Bertz CT molecular complexity index is 535. The zero-order chi connectivity index (χ0) is 14.2. The number of methoxy groups -OCH3 is 1. The van der Waals surface area contributed by atoms with Crippen LogP contribution in [-0.2, 0) is 11.3 Å². The summed E-state index contributed by atoms with van der Waals surface area (Å²) < 4.78 is 18.9. The number of hydrogen-bond acceptors (Lipinski definition) is 3. The van der Waals surface area contributed by atoms with Crippen LogP contribution in [0.25, 0.3) is 0 Å². The van der Waals surface area contributed by atoms with Gasteiger partial charge in [0.05, 0.1) is 12.5 Å². The molecule has 0 aromatic heterocycles. The van der Waals surface area contributed by atoms with E-state index in [1.54, 1.807) is 12.1 Å². The Hall–Kier alpha value is -1.62. The second-order valence-corrected chi connectivity index (χ2v) is 5.63. The van der Waals surface area contributed by atoms with Crippen molar-refractivity contribution in [2.75, 3.05) is 20.2 Å². The van der Waals surface area contributed by atoms with Gasteiger partial charge in [0.1, 0.15) is 11.6 Å². The van der Waals surface area contributed by atoms with Crippen LogP contribution in [0.3, 0.4) is 0 Å². The first-order valence-electron chi connectivity index (χ1n) is 6.98. The Balaban J connectivity index is 1.70. The lowest BCUT2D eigenvalue weighted by atomic mass is 9.61. The third-order valence-corrected chi connectivity index (χ3v) is 4.73. The van der Waals surface area contributed by atoms with Crippen LogP contribution in [0.15, 0.2) is 18.2 Å². The number of rotatable bonds is 4. The van der Waals surface area contributed by atoms with Crippen LogP contribution in [0, 0.1) is 17.2 Å². The molecule has 2 N–H and O–H groups in total. The highest BCUT2D eigenvalue weighted by Crippen LogP contribution is 2.49. The van der Waals surface area contributed by atoms with Crippen molar-refractivity contribution in [1.82, 2.24) is 10.6 Å². The lowest BCUT2D eigenvalue weighted by Gasteiger charge is -2.42. The van der Waals surface area contributed by atoms with Gasteiger partial charge in [-0.05, 0) is 37.4 Å². The van der Waals surface area contributed by atoms with Crippen molar-refractivity contribution in [3.8, 4) is 5.75 Å². The maximum absolute atomic E-state index is 13.8. The minimum Gasteiger partial charge on any atom is -0.496 e. The van der Waals surface area contributed by atoms with E-state index >= 15 is 0 Å². The van der Waals surface area contributed by atoms with Crippen LogP contribution in [0.1, 0.15) is 18.4 Å². The van der Waals surface area contributed by atoms with Crippen LogP contribution < -0.4 is 15.4 Å². The van der Waals surface area contributed by atoms with Crippen molar-refractivity contribution < 1.29 is 13.9 Å². The van der Waals surface area contributed by atoms with Crippen LogP contribution in [0.5, 0.6) is 5.75 Å². The summed E-state index contributed by atoms with van der Waals surface area (Å²) in [5.74, 6) is 0.587. The fourth-order valence-corrected chi connectivity index (χ4v) is 3.32. The topological polar surface area (TPSA) is 50.4 Å². The van der Waals surface area contributed by atoms with Gasteiger partial charge >= 0.3 is 0 Å². The minimum absolute atomic E-state index is 0.0315. The molecular formula is C15H19FN2O2. The van der Waals surface area contributed by atoms with Gasteiger partial charge in [-0.2, -0.15) is 0 Å². The van der Waals surface area contributed by atoms with Gasteiger partial charge in [-0.25, -0.2) is 4.39 Å². The standard InChI is InChI=1S/C15H19FN2O2/c1-20-13-4-2-3-12(16)11(13)8-18-14(19)15-6-5-10(15)7-17-9-15/h2-4,10,17H,5-9H2,1H3,(H,18,19)/t10-,15-/m0/s1. The Morgan fingerprint density at radius 2 is 2.45 bits per heavy atom. The van der Waals surface area contributed by atoms with Gasteiger partial charge in [-0.15, -0.1) is 0 Å². The number of halogens is 1. The van der Waals surface area contributed by atoms with Crippen molar-refractivity contribution >= 4 is 5.91 Å². The highest BCUT2D eigenvalue weighted by atomic mass is 19.1. The predicted molar refractivity (Wildman–Crippen MR) is 72.8 cm³/mol. The molecule has 5 heteroatoms. The molecule has 1 heterocycles. The second-order valence-electron chi connectivity index (χ2n) is 5.63. The van der Waals surface area contributed by atoms with Crippen molar-refractivity contribution in [3.63, 3.8) is 0 Å². The van der Waals surface area contributed by atoms with Crippen LogP contribution >= 0.6 is 0 Å². The Kier molecular flexibility index (Phi) is 3.38. The molecule has 2 fully saturated rings. The highest BCUT2D eigenvalue weighted by molar-refractivity contribution is 5.84. The molecule has 0 radical (unpaired) electrons. The average molecular weight is 278 g/mol. The monoisotopic (exact) mass is 278 g/mol. The summed E-state index contributed by atoms with van der Waals surface area (Å²) in [5.41, 5.74) is 0.139. The molecule has 1 aromatic carbocycles. The van der Waals surface area contributed by atoms with Gasteiger partial charge in [0.25, 0.3) is 0 Å². The molecular weight excluding hydrogens is 259 g/mol. The molecule has 0 spiro atoms. The highest BCUT2D eigenvalue weighted by Gasteiger charge is 2.55. The molecule has 1 amide bonds. The molecule has 1 aromatic rings. The Morgan fingerprint density at radius 1 is 1.60 bits per heavy atom. The maximum Gasteiger partial charge on any atom is 0.228 e. The fourth-order valence-electron chi connectivity index (χ4n) is 3.32. The van der Waals surface area contributed by atoms with Gasteiger partial charge in [0, 0.05) is 18.7 Å². The van der Waals surface area contributed by atoms with Gasteiger partial charge in [-0.3, -0.25) is 4.79 Å². The Morgan fingerprint density at radius 3 is 3.10 bits per heavy atom. The van der Waals surface area contributed by atoms with E-state index < -0.39 is 0 Å². The fraction of sp³-hybridized carbons (Fsp3) is 0.533. The largest absolute Gasteiger partial charge is 0.496 e. The molecule has 0 unspecified atom stereocenters. The van der Waals surface area contributed by atoms with Crippen LogP contribution in [-0.4, -0.2) is 26.1 Å². The summed E-state index contributed by atoms with van der Waals surface area (Å²) in [6.45, 7) is 1.82. The number of amides is 1. The summed E-state index contributed by atoms with van der Waals surface area (Å²) in [6.07, 6.45) is 2.02. The van der Waals surface area contributed by atoms with E-state index in [1.807, 2.05) is 0 Å². The second kappa shape index (κ2) is 5.05. The number of benzene rings is 1. The first kappa shape index (κ1) is 13.4. The predicted octanol–water partition coefficient (Wildman–Crippen LogP) is 1.45. The summed E-state index contributed by atoms with van der Waals surface area (Å²) in [6, 6.07) is 4.68. The smallest absolute Gasteiger partial charge is 0.228 e. The average Bonchev–Trinajstić information content (AvgIpc) is 2.72. The summed E-state index contributed by atoms with van der Waals surface area (Å²) in [7, 11) is 1.50. The van der Waals surface area contributed by atoms with Gasteiger partial charge in [0.2, 0.25) is 5.91 Å². The maximum atomic E-state index is 13.8. The summed E-state index contributed by atoms with van der Waals surface area (Å²) in [4.78, 5) is 12.4. The van der Waals surface area contributed by atoms with E-state index in [0.717, 1.165) is 25.9 Å². The van der Waals surface area contributed by atoms with E-state index in [2.05, 4.69) is 10.6 Å². The van der Waals surface area contributed by atoms with Crippen molar-refractivity contribution in [3.05, 3.63) is 29.6 Å². The van der Waals surface area contributed by atoms with E-state index in [-0.39, 0.29) is 23.7 Å². The molecule has 3 rings (SSSR count). The Labute approximate surface area is 117 Å². The van der Waals surface area contributed by atoms with E-state index in [9.17, 15) is 9.18 Å². The van der Waals surface area contributed by atoms with Gasteiger partial charge in [0.15, 0.2) is 0 Å². The van der Waals surface area contributed by atoms with Crippen molar-refractivity contribution in [1.29, 1.82) is 0 Å². The molecule has 4 nitrogen and oxygen atoms in total. The lowest BCUT2D eigenvalue weighted by molar-refractivity contribution is -0.138. The molecule has 1 saturated heterocycles. The number of fused-ring (bicyclic) bond motifs is 1. The van der Waals surface area contributed by atoms with E-state index in [4.69, 9.17) is 4.74 Å². The normalized spacial score (nSPS) is 27.6. The first-order valence-corrected chi connectivity index (χ1v) is 6.98. The van der Waals surface area contributed by atoms with Gasteiger partial charge < -0.3 is 15.4 Å². The molecule has 1 saturated carbocycles. The molecule has 0 bridgehead atoms. The third-order valence-electron chi connectivity index (χ3n) is 4.73. The number of hydrogen-bond donors (Lipinski definition) is 2. The SMILES string of the molecule is COc1cccc(F)c1CNC(=O)[C@]12CC[C@H]1CNC2. The van der Waals surface area contributed by atoms with E-state index in [1.165, 1.54) is 13.2 Å². The first-order chi connectivity index (χ1) is 9.67. The zero-order valence-electron chi connectivity index (χ0n) is 11.5. The molecule has 1 aliphatic carbocycles. The molecule has 20 heavy (non-hydrogen) atoms. The van der Waals surface area contributed by atoms with Crippen LogP contribution in [0.2, 0.25) is 0 Å². The molecule has 2 atom stereocenters. The number of nitrogens with one attached hydrogen (secondary N) is 2. The van der Waals surface area contributed by atoms with Crippen LogP contribution in [0.4, 0.5) is 4.39 Å². The molecule has 1 aliphatic heterocycles.